The summed E-state index contributed by atoms with van der Waals surface area (Å²) in [4.78, 5) is 0. The van der Waals surface area contributed by atoms with E-state index in [0.29, 0.717) is 12.8 Å². The van der Waals surface area contributed by atoms with Gasteiger partial charge in [-0.3, -0.25) is 0 Å². The van der Waals surface area contributed by atoms with Gasteiger partial charge in [0, 0.05) is 6.42 Å². The Balaban J connectivity index is 1.98. The van der Waals surface area contributed by atoms with E-state index in [4.69, 9.17) is 11.2 Å². The molecule has 146 valence electrons. The Bertz CT molecular complexity index is 350. The molecular weight excluding hydrogens is 312 g/mol. The zero-order valence-corrected chi connectivity index (χ0v) is 16.3. The predicted molar refractivity (Wildman–Crippen MR) is 104 cm³/mol. The SMILES string of the molecule is C#CCC[C@H](O)[C@@H]1CC[C@H]([C@H](O)CCCCCCCCCCCC)O1. The van der Waals surface area contributed by atoms with Crippen LogP contribution < -0.4 is 0 Å². The molecule has 0 saturated carbocycles. The highest BCUT2D eigenvalue weighted by atomic mass is 16.5. The summed E-state index contributed by atoms with van der Waals surface area (Å²) in [6.45, 7) is 2.26. The molecule has 1 saturated heterocycles. The van der Waals surface area contributed by atoms with E-state index >= 15 is 0 Å². The van der Waals surface area contributed by atoms with E-state index < -0.39 is 6.10 Å². The van der Waals surface area contributed by atoms with Crippen molar-refractivity contribution in [2.75, 3.05) is 0 Å². The average Bonchev–Trinajstić information content (AvgIpc) is 3.11. The van der Waals surface area contributed by atoms with Gasteiger partial charge in [0.15, 0.2) is 0 Å². The fraction of sp³-hybridized carbons (Fsp3) is 0.909. The van der Waals surface area contributed by atoms with Gasteiger partial charge in [-0.15, -0.1) is 12.3 Å². The van der Waals surface area contributed by atoms with Crippen LogP contribution in [0.25, 0.3) is 0 Å². The summed E-state index contributed by atoms with van der Waals surface area (Å²) < 4.78 is 5.86. The zero-order chi connectivity index (χ0) is 18.3. The highest BCUT2D eigenvalue weighted by Gasteiger charge is 2.33. The normalized spacial score (nSPS) is 22.6. The van der Waals surface area contributed by atoms with Crippen LogP contribution in [-0.2, 0) is 4.74 Å². The first kappa shape index (κ1) is 22.5. The van der Waals surface area contributed by atoms with Crippen molar-refractivity contribution in [1.82, 2.24) is 0 Å². The summed E-state index contributed by atoms with van der Waals surface area (Å²) in [5, 5.41) is 20.4. The lowest BCUT2D eigenvalue weighted by molar-refractivity contribution is -0.0778. The molecule has 0 aliphatic carbocycles. The summed E-state index contributed by atoms with van der Waals surface area (Å²) in [6, 6.07) is 0. The number of hydrogen-bond donors (Lipinski definition) is 2. The summed E-state index contributed by atoms with van der Waals surface area (Å²) in [5.74, 6) is 2.55. The predicted octanol–water partition coefficient (Wildman–Crippen LogP) is 4.98. The second-order valence-corrected chi connectivity index (χ2v) is 7.64. The van der Waals surface area contributed by atoms with Gasteiger partial charge in [-0.1, -0.05) is 71.1 Å². The maximum absolute atomic E-state index is 10.3. The Kier molecular flexibility index (Phi) is 13.1. The van der Waals surface area contributed by atoms with Crippen molar-refractivity contribution in [3.05, 3.63) is 0 Å². The molecule has 0 aromatic carbocycles. The lowest BCUT2D eigenvalue weighted by Crippen LogP contribution is -2.31. The lowest BCUT2D eigenvalue weighted by Gasteiger charge is -2.21. The van der Waals surface area contributed by atoms with Crippen molar-refractivity contribution in [3.63, 3.8) is 0 Å². The highest BCUT2D eigenvalue weighted by Crippen LogP contribution is 2.27. The number of aliphatic hydroxyl groups excluding tert-OH is 2. The molecule has 2 N–H and O–H groups in total. The van der Waals surface area contributed by atoms with Crippen LogP contribution in [0.2, 0.25) is 0 Å². The third-order valence-corrected chi connectivity index (χ3v) is 5.38. The van der Waals surface area contributed by atoms with Crippen molar-refractivity contribution >= 4 is 0 Å². The highest BCUT2D eigenvalue weighted by molar-refractivity contribution is 4.88. The number of rotatable bonds is 15. The van der Waals surface area contributed by atoms with Gasteiger partial charge in [-0.05, 0) is 25.7 Å². The minimum atomic E-state index is -0.495. The molecule has 1 aliphatic rings. The van der Waals surface area contributed by atoms with Gasteiger partial charge in [0.1, 0.15) is 0 Å². The van der Waals surface area contributed by atoms with Crippen LogP contribution in [0.3, 0.4) is 0 Å². The Morgan fingerprint density at radius 3 is 1.84 bits per heavy atom. The maximum atomic E-state index is 10.3. The fourth-order valence-corrected chi connectivity index (χ4v) is 3.70. The van der Waals surface area contributed by atoms with E-state index in [1.54, 1.807) is 0 Å². The molecule has 0 unspecified atom stereocenters. The Morgan fingerprint density at radius 1 is 0.840 bits per heavy atom. The average molecular weight is 353 g/mol. The zero-order valence-electron chi connectivity index (χ0n) is 16.3. The Hall–Kier alpha value is -0.560. The van der Waals surface area contributed by atoms with Gasteiger partial charge in [0.05, 0.1) is 24.4 Å². The quantitative estimate of drug-likeness (QED) is 0.323. The van der Waals surface area contributed by atoms with Gasteiger partial charge in [-0.2, -0.15) is 0 Å². The van der Waals surface area contributed by atoms with Crippen molar-refractivity contribution in [2.24, 2.45) is 0 Å². The Morgan fingerprint density at radius 2 is 1.32 bits per heavy atom. The van der Waals surface area contributed by atoms with Gasteiger partial charge >= 0.3 is 0 Å². The Labute approximate surface area is 155 Å². The van der Waals surface area contributed by atoms with Crippen LogP contribution in [-0.4, -0.2) is 34.6 Å². The van der Waals surface area contributed by atoms with Crippen molar-refractivity contribution in [1.29, 1.82) is 0 Å². The van der Waals surface area contributed by atoms with Crippen LogP contribution in [0, 0.1) is 12.3 Å². The van der Waals surface area contributed by atoms with Gasteiger partial charge in [0.2, 0.25) is 0 Å². The number of aliphatic hydroxyl groups is 2. The number of terminal acetylenes is 1. The van der Waals surface area contributed by atoms with Crippen molar-refractivity contribution in [3.8, 4) is 12.3 Å². The third kappa shape index (κ3) is 10.2. The number of hydrogen-bond acceptors (Lipinski definition) is 3. The minimum absolute atomic E-state index is 0.107. The molecule has 1 aliphatic heterocycles. The van der Waals surface area contributed by atoms with Crippen LogP contribution >= 0.6 is 0 Å². The topological polar surface area (TPSA) is 49.7 Å². The molecule has 0 amide bonds. The molecule has 0 radical (unpaired) electrons. The molecule has 0 bridgehead atoms. The molecule has 1 heterocycles. The van der Waals surface area contributed by atoms with E-state index in [9.17, 15) is 10.2 Å². The number of ether oxygens (including phenoxy) is 1. The summed E-state index contributed by atoms with van der Waals surface area (Å²) in [6.07, 6.45) is 20.8. The lowest BCUT2D eigenvalue weighted by atomic mass is 10.0. The second kappa shape index (κ2) is 14.6. The maximum Gasteiger partial charge on any atom is 0.0840 e. The summed E-state index contributed by atoms with van der Waals surface area (Å²) in [5.41, 5.74) is 0. The first-order chi connectivity index (χ1) is 12.2. The van der Waals surface area contributed by atoms with Crippen LogP contribution in [0.5, 0.6) is 0 Å². The van der Waals surface area contributed by atoms with Gasteiger partial charge in [0.25, 0.3) is 0 Å². The molecule has 3 heteroatoms. The van der Waals surface area contributed by atoms with Crippen LogP contribution in [0.15, 0.2) is 0 Å². The van der Waals surface area contributed by atoms with E-state index in [1.807, 2.05) is 0 Å². The monoisotopic (exact) mass is 352 g/mol. The fourth-order valence-electron chi connectivity index (χ4n) is 3.70. The molecule has 4 atom stereocenters. The van der Waals surface area contributed by atoms with E-state index in [1.165, 1.54) is 57.8 Å². The van der Waals surface area contributed by atoms with Crippen molar-refractivity contribution < 1.29 is 14.9 Å². The minimum Gasteiger partial charge on any atom is -0.390 e. The van der Waals surface area contributed by atoms with Gasteiger partial charge < -0.3 is 14.9 Å². The first-order valence-electron chi connectivity index (χ1n) is 10.6. The second-order valence-electron chi connectivity index (χ2n) is 7.64. The first-order valence-corrected chi connectivity index (χ1v) is 10.6. The van der Waals surface area contributed by atoms with E-state index in [0.717, 1.165) is 25.7 Å². The third-order valence-electron chi connectivity index (χ3n) is 5.38. The molecule has 0 aromatic rings. The van der Waals surface area contributed by atoms with E-state index in [-0.39, 0.29) is 18.3 Å². The summed E-state index contributed by atoms with van der Waals surface area (Å²) >= 11 is 0. The van der Waals surface area contributed by atoms with E-state index in [2.05, 4.69) is 12.8 Å². The smallest absolute Gasteiger partial charge is 0.0840 e. The van der Waals surface area contributed by atoms with Crippen LogP contribution in [0.1, 0.15) is 103 Å². The molecule has 1 rings (SSSR count). The molecule has 1 fully saturated rings. The number of unbranched alkanes of at least 4 members (excludes halogenated alkanes) is 9. The molecular formula is C22H40O3. The largest absolute Gasteiger partial charge is 0.390 e. The summed E-state index contributed by atoms with van der Waals surface area (Å²) in [7, 11) is 0. The molecule has 0 aromatic heterocycles. The molecule has 0 spiro atoms. The van der Waals surface area contributed by atoms with Crippen LogP contribution in [0.4, 0.5) is 0 Å². The molecule has 3 nitrogen and oxygen atoms in total. The molecule has 25 heavy (non-hydrogen) atoms. The van der Waals surface area contributed by atoms with Gasteiger partial charge in [-0.25, -0.2) is 0 Å². The van der Waals surface area contributed by atoms with Crippen molar-refractivity contribution in [2.45, 2.75) is 128 Å². The standard InChI is InChI=1S/C22H40O3/c1-3-5-7-8-9-10-11-12-13-14-16-20(24)22-18-17-21(25-22)19(23)15-6-4-2/h2,19-24H,3,5-18H2,1H3/t19-,20+,21-,22+/m0/s1.